The van der Waals surface area contributed by atoms with Gasteiger partial charge in [-0.1, -0.05) is 29.8 Å². The van der Waals surface area contributed by atoms with Crippen molar-refractivity contribution >= 4 is 33.2 Å². The summed E-state index contributed by atoms with van der Waals surface area (Å²) in [4.78, 5) is 11.9. The molecule has 0 unspecified atom stereocenters. The van der Waals surface area contributed by atoms with Crippen molar-refractivity contribution in [3.63, 3.8) is 0 Å². The number of hydrogen-bond acceptors (Lipinski definition) is 3. The summed E-state index contributed by atoms with van der Waals surface area (Å²) in [5, 5.41) is 3.22. The second-order valence-electron chi connectivity index (χ2n) is 5.63. The molecule has 0 bridgehead atoms. The molecule has 0 heterocycles. The van der Waals surface area contributed by atoms with Crippen LogP contribution in [0.3, 0.4) is 0 Å². The zero-order valence-corrected chi connectivity index (χ0v) is 15.0. The second-order valence-corrected chi connectivity index (χ2v) is 7.87. The summed E-state index contributed by atoms with van der Waals surface area (Å²) in [5.41, 5.74) is 3.29. The van der Waals surface area contributed by atoms with Crippen LogP contribution in [0.25, 0.3) is 0 Å². The maximum Gasteiger partial charge on any atom is 0.239 e. The maximum absolute atomic E-state index is 12.0. The van der Waals surface area contributed by atoms with E-state index < -0.39 is 15.9 Å². The molecule has 2 N–H and O–H groups in total. The van der Waals surface area contributed by atoms with Crippen LogP contribution in [-0.4, -0.2) is 20.9 Å². The lowest BCUT2D eigenvalue weighted by atomic mass is 10.1. The summed E-state index contributed by atoms with van der Waals surface area (Å²) < 4.78 is 26.4. The van der Waals surface area contributed by atoms with Gasteiger partial charge in [0.1, 0.15) is 0 Å². The minimum atomic E-state index is -3.61. The van der Waals surface area contributed by atoms with E-state index in [0.29, 0.717) is 16.3 Å². The Morgan fingerprint density at radius 3 is 2.21 bits per heavy atom. The lowest BCUT2D eigenvalue weighted by Crippen LogP contribution is -2.33. The predicted octanol–water partition coefficient (Wildman–Crippen LogP) is 3.01. The highest BCUT2D eigenvalue weighted by molar-refractivity contribution is 7.88. The van der Waals surface area contributed by atoms with E-state index in [1.807, 2.05) is 32.0 Å². The zero-order chi connectivity index (χ0) is 17.7. The molecule has 7 heteroatoms. The highest BCUT2D eigenvalue weighted by Gasteiger charge is 2.13. The molecule has 2 aromatic rings. The van der Waals surface area contributed by atoms with Crippen LogP contribution in [0.15, 0.2) is 42.5 Å². The minimum absolute atomic E-state index is 0.207. The normalized spacial score (nSPS) is 11.3. The molecule has 0 aliphatic heterocycles. The third-order valence-electron chi connectivity index (χ3n) is 3.23. The Labute approximate surface area is 147 Å². The van der Waals surface area contributed by atoms with Crippen molar-refractivity contribution in [3.05, 3.63) is 64.2 Å². The van der Waals surface area contributed by atoms with Crippen molar-refractivity contribution in [1.29, 1.82) is 0 Å². The Morgan fingerprint density at radius 1 is 1.04 bits per heavy atom. The first-order valence-electron chi connectivity index (χ1n) is 7.33. The van der Waals surface area contributed by atoms with Gasteiger partial charge in [0.25, 0.3) is 0 Å². The highest BCUT2D eigenvalue weighted by Crippen LogP contribution is 2.14. The summed E-state index contributed by atoms with van der Waals surface area (Å²) in [6.07, 6.45) is 0. The molecule has 0 atom stereocenters. The van der Waals surface area contributed by atoms with E-state index in [0.717, 1.165) is 11.1 Å². The summed E-state index contributed by atoms with van der Waals surface area (Å²) in [6, 6.07) is 12.2. The van der Waals surface area contributed by atoms with Crippen LogP contribution in [-0.2, 0) is 20.6 Å². The predicted molar refractivity (Wildman–Crippen MR) is 96.6 cm³/mol. The first-order chi connectivity index (χ1) is 11.2. The molecule has 0 saturated heterocycles. The first-order valence-corrected chi connectivity index (χ1v) is 9.36. The minimum Gasteiger partial charge on any atom is -0.325 e. The fourth-order valence-corrected chi connectivity index (χ4v) is 3.49. The van der Waals surface area contributed by atoms with Crippen molar-refractivity contribution in [2.45, 2.75) is 19.6 Å². The van der Waals surface area contributed by atoms with Gasteiger partial charge >= 0.3 is 0 Å². The Hall–Kier alpha value is -1.89. The van der Waals surface area contributed by atoms with Crippen LogP contribution in [0.5, 0.6) is 0 Å². The fourth-order valence-electron chi connectivity index (χ4n) is 2.28. The van der Waals surface area contributed by atoms with Crippen molar-refractivity contribution in [2.75, 3.05) is 11.9 Å². The molecule has 0 spiro atoms. The average Bonchev–Trinajstić information content (AvgIpc) is 2.46. The average molecular weight is 367 g/mol. The number of amides is 1. The third kappa shape index (κ3) is 5.96. The Kier molecular flexibility index (Phi) is 5.99. The maximum atomic E-state index is 12.0. The number of anilines is 1. The summed E-state index contributed by atoms with van der Waals surface area (Å²) in [7, 11) is -3.61. The van der Waals surface area contributed by atoms with E-state index in [4.69, 9.17) is 11.6 Å². The van der Waals surface area contributed by atoms with Crippen molar-refractivity contribution < 1.29 is 13.2 Å². The Bertz CT molecular complexity index is 813. The van der Waals surface area contributed by atoms with Gasteiger partial charge in [0.15, 0.2) is 0 Å². The van der Waals surface area contributed by atoms with E-state index in [9.17, 15) is 13.2 Å². The molecule has 2 aromatic carbocycles. The molecule has 0 saturated carbocycles. The van der Waals surface area contributed by atoms with E-state index in [-0.39, 0.29) is 12.3 Å². The summed E-state index contributed by atoms with van der Waals surface area (Å²) >= 11 is 5.77. The molecule has 24 heavy (non-hydrogen) atoms. The smallest absolute Gasteiger partial charge is 0.239 e. The number of aryl methyl sites for hydroxylation is 2. The molecule has 0 aliphatic rings. The molecule has 0 aromatic heterocycles. The molecule has 5 nitrogen and oxygen atoms in total. The van der Waals surface area contributed by atoms with Crippen LogP contribution in [0.2, 0.25) is 5.02 Å². The van der Waals surface area contributed by atoms with Gasteiger partial charge in [0.05, 0.1) is 12.3 Å². The van der Waals surface area contributed by atoms with Crippen molar-refractivity contribution in [2.24, 2.45) is 0 Å². The molecule has 0 radical (unpaired) electrons. The Morgan fingerprint density at radius 2 is 1.62 bits per heavy atom. The SMILES string of the molecule is Cc1cc(C)cc(NC(=O)CNS(=O)(=O)Cc2ccc(Cl)cc2)c1. The first kappa shape index (κ1) is 18.4. The lowest BCUT2D eigenvalue weighted by molar-refractivity contribution is -0.115. The van der Waals surface area contributed by atoms with Crippen molar-refractivity contribution in [3.8, 4) is 0 Å². The van der Waals surface area contributed by atoms with E-state index in [1.165, 1.54) is 0 Å². The summed E-state index contributed by atoms with van der Waals surface area (Å²) in [6.45, 7) is 3.54. The monoisotopic (exact) mass is 366 g/mol. The van der Waals surface area contributed by atoms with Crippen LogP contribution >= 0.6 is 11.6 Å². The molecular weight excluding hydrogens is 348 g/mol. The topological polar surface area (TPSA) is 75.3 Å². The van der Waals surface area contributed by atoms with Crippen molar-refractivity contribution in [1.82, 2.24) is 4.72 Å². The molecule has 0 aliphatic carbocycles. The summed E-state index contributed by atoms with van der Waals surface area (Å²) in [5.74, 6) is -0.624. The van der Waals surface area contributed by atoms with Gasteiger partial charge in [-0.2, -0.15) is 0 Å². The van der Waals surface area contributed by atoms with Gasteiger partial charge in [-0.3, -0.25) is 4.79 Å². The third-order valence-corrected chi connectivity index (χ3v) is 4.78. The van der Waals surface area contributed by atoms with E-state index >= 15 is 0 Å². The molecule has 1 amide bonds. The van der Waals surface area contributed by atoms with Crippen LogP contribution in [0.4, 0.5) is 5.69 Å². The number of rotatable bonds is 6. The van der Waals surface area contributed by atoms with E-state index in [1.54, 1.807) is 24.3 Å². The lowest BCUT2D eigenvalue weighted by Gasteiger charge is -2.09. The van der Waals surface area contributed by atoms with Gasteiger partial charge < -0.3 is 5.32 Å². The highest BCUT2D eigenvalue weighted by atomic mass is 35.5. The molecular formula is C17H19ClN2O3S. The van der Waals surface area contributed by atoms with Gasteiger partial charge in [0, 0.05) is 10.7 Å². The van der Waals surface area contributed by atoms with Crippen LogP contribution < -0.4 is 10.0 Å². The number of benzene rings is 2. The quantitative estimate of drug-likeness (QED) is 0.825. The molecule has 0 fully saturated rings. The number of carbonyl (C=O) groups excluding carboxylic acids is 1. The number of nitrogens with one attached hydrogen (secondary N) is 2. The Balaban J connectivity index is 1.91. The second kappa shape index (κ2) is 7.79. The number of hydrogen-bond donors (Lipinski definition) is 2. The molecule has 128 valence electrons. The standard InChI is InChI=1S/C17H19ClN2O3S/c1-12-7-13(2)9-16(8-12)20-17(21)10-19-24(22,23)11-14-3-5-15(18)6-4-14/h3-9,19H,10-11H2,1-2H3,(H,20,21). The molecule has 2 rings (SSSR count). The van der Waals surface area contributed by atoms with Gasteiger partial charge in [-0.15, -0.1) is 0 Å². The fraction of sp³-hybridized carbons (Fsp3) is 0.235. The number of sulfonamides is 1. The number of halogens is 1. The van der Waals surface area contributed by atoms with Gasteiger partial charge in [-0.25, -0.2) is 13.1 Å². The zero-order valence-electron chi connectivity index (χ0n) is 13.5. The van der Waals surface area contributed by atoms with Gasteiger partial charge in [0.2, 0.25) is 15.9 Å². The number of carbonyl (C=O) groups is 1. The van der Waals surface area contributed by atoms with Gasteiger partial charge in [-0.05, 0) is 54.8 Å². The van der Waals surface area contributed by atoms with Crippen LogP contribution in [0, 0.1) is 13.8 Å². The van der Waals surface area contributed by atoms with Crippen LogP contribution in [0.1, 0.15) is 16.7 Å². The van der Waals surface area contributed by atoms with E-state index in [2.05, 4.69) is 10.0 Å². The largest absolute Gasteiger partial charge is 0.325 e.